The first kappa shape index (κ1) is 28.8. The molecular weight excluding hydrogens is 480 g/mol. The number of esters is 2. The summed E-state index contributed by atoms with van der Waals surface area (Å²) in [7, 11) is 0. The van der Waals surface area contributed by atoms with E-state index >= 15 is 0 Å². The topological polar surface area (TPSA) is 71.1 Å². The van der Waals surface area contributed by atoms with Crippen molar-refractivity contribution in [3.63, 3.8) is 0 Å². The van der Waals surface area contributed by atoms with Gasteiger partial charge in [0.15, 0.2) is 0 Å². The van der Waals surface area contributed by atoms with Crippen LogP contribution in [0.15, 0.2) is 72.8 Å². The van der Waals surface area contributed by atoms with Crippen LogP contribution in [-0.4, -0.2) is 25.2 Å². The van der Waals surface area contributed by atoms with E-state index in [9.17, 15) is 9.59 Å². The zero-order valence-corrected chi connectivity index (χ0v) is 22.4. The third-order valence-corrected chi connectivity index (χ3v) is 5.96. The molecule has 6 heteroatoms. The lowest BCUT2D eigenvalue weighted by Crippen LogP contribution is -2.11. The molecule has 6 nitrogen and oxygen atoms in total. The molecule has 0 aliphatic carbocycles. The molecule has 0 radical (unpaired) electrons. The quantitative estimate of drug-likeness (QED) is 0.109. The monoisotopic (exact) mass is 518 g/mol. The van der Waals surface area contributed by atoms with Gasteiger partial charge in [0.05, 0.1) is 24.3 Å². The van der Waals surface area contributed by atoms with Gasteiger partial charge in [-0.25, -0.2) is 9.59 Å². The van der Waals surface area contributed by atoms with E-state index in [1.54, 1.807) is 72.8 Å². The predicted molar refractivity (Wildman–Crippen MR) is 149 cm³/mol. The van der Waals surface area contributed by atoms with E-state index in [4.69, 9.17) is 18.9 Å². The van der Waals surface area contributed by atoms with E-state index in [1.165, 1.54) is 25.7 Å². The Hall–Kier alpha value is -3.80. The minimum Gasteiger partial charge on any atom is -0.494 e. The summed E-state index contributed by atoms with van der Waals surface area (Å²) >= 11 is 0. The minimum atomic E-state index is -0.511. The molecule has 0 fully saturated rings. The molecule has 0 saturated heterocycles. The Balaban J connectivity index is 1.44. The average molecular weight is 519 g/mol. The molecule has 0 heterocycles. The number of carbonyl (C=O) groups is 2. The molecule has 38 heavy (non-hydrogen) atoms. The van der Waals surface area contributed by atoms with Crippen molar-refractivity contribution in [1.29, 1.82) is 0 Å². The summed E-state index contributed by atoms with van der Waals surface area (Å²) in [6, 6.07) is 20.1. The number of rotatable bonds is 16. The SMILES string of the molecule is CCCCCCOc1ccc(OC(=O)c2ccc(C(=O)Oc3ccc(OCCCCCC)cc3)cc2)cc1. The molecule has 0 amide bonds. The Labute approximate surface area is 225 Å². The molecule has 3 aromatic rings. The summed E-state index contributed by atoms with van der Waals surface area (Å²) < 4.78 is 22.3. The van der Waals surface area contributed by atoms with Crippen LogP contribution in [0.25, 0.3) is 0 Å². The molecule has 0 saturated carbocycles. The number of hydrogen-bond acceptors (Lipinski definition) is 6. The van der Waals surface area contributed by atoms with E-state index in [0.29, 0.717) is 35.8 Å². The fraction of sp³-hybridized carbons (Fsp3) is 0.375. The highest BCUT2D eigenvalue weighted by molar-refractivity contribution is 5.94. The van der Waals surface area contributed by atoms with Crippen molar-refractivity contribution in [3.8, 4) is 23.0 Å². The van der Waals surface area contributed by atoms with Gasteiger partial charge in [-0.1, -0.05) is 52.4 Å². The third-order valence-electron chi connectivity index (χ3n) is 5.96. The van der Waals surface area contributed by atoms with Gasteiger partial charge in [0, 0.05) is 0 Å². The fourth-order valence-electron chi connectivity index (χ4n) is 3.72. The highest BCUT2D eigenvalue weighted by atomic mass is 16.5. The Morgan fingerprint density at radius 3 is 1.16 bits per heavy atom. The molecule has 0 aliphatic heterocycles. The molecule has 0 spiro atoms. The second kappa shape index (κ2) is 16.1. The van der Waals surface area contributed by atoms with Gasteiger partial charge in [0.1, 0.15) is 23.0 Å². The number of unbranched alkanes of at least 4 members (excludes halogenated alkanes) is 6. The van der Waals surface area contributed by atoms with Crippen LogP contribution < -0.4 is 18.9 Å². The molecule has 0 atom stereocenters. The Bertz CT molecular complexity index is 1010. The number of benzene rings is 3. The summed E-state index contributed by atoms with van der Waals surface area (Å²) in [4.78, 5) is 25.0. The van der Waals surface area contributed by atoms with Gasteiger partial charge in [-0.2, -0.15) is 0 Å². The van der Waals surface area contributed by atoms with Crippen LogP contribution >= 0.6 is 0 Å². The van der Waals surface area contributed by atoms with Crippen LogP contribution in [0.3, 0.4) is 0 Å². The number of ether oxygens (including phenoxy) is 4. The van der Waals surface area contributed by atoms with Gasteiger partial charge in [-0.05, 0) is 85.6 Å². The van der Waals surface area contributed by atoms with E-state index < -0.39 is 11.9 Å². The van der Waals surface area contributed by atoms with Gasteiger partial charge < -0.3 is 18.9 Å². The van der Waals surface area contributed by atoms with Gasteiger partial charge in [0.25, 0.3) is 0 Å². The van der Waals surface area contributed by atoms with Crippen molar-refractivity contribution in [2.75, 3.05) is 13.2 Å². The normalized spacial score (nSPS) is 10.6. The van der Waals surface area contributed by atoms with Crippen molar-refractivity contribution in [2.24, 2.45) is 0 Å². The molecule has 0 bridgehead atoms. The first-order chi connectivity index (χ1) is 18.6. The predicted octanol–water partition coefficient (Wildman–Crippen LogP) is 8.04. The Morgan fingerprint density at radius 2 is 0.816 bits per heavy atom. The van der Waals surface area contributed by atoms with Crippen LogP contribution in [-0.2, 0) is 0 Å². The minimum absolute atomic E-state index is 0.332. The summed E-state index contributed by atoms with van der Waals surface area (Å²) in [5.74, 6) is 1.31. The molecule has 3 aromatic carbocycles. The number of carbonyl (C=O) groups excluding carboxylic acids is 2. The van der Waals surface area contributed by atoms with E-state index in [-0.39, 0.29) is 0 Å². The third kappa shape index (κ3) is 9.92. The number of hydrogen-bond donors (Lipinski definition) is 0. The summed E-state index contributed by atoms with van der Waals surface area (Å²) in [6.45, 7) is 5.70. The van der Waals surface area contributed by atoms with Crippen molar-refractivity contribution in [3.05, 3.63) is 83.9 Å². The molecular formula is C32H38O6. The fourth-order valence-corrected chi connectivity index (χ4v) is 3.72. The first-order valence-electron chi connectivity index (χ1n) is 13.6. The largest absolute Gasteiger partial charge is 0.494 e. The lowest BCUT2D eigenvalue weighted by molar-refractivity contribution is 0.0720. The lowest BCUT2D eigenvalue weighted by Gasteiger charge is -2.09. The van der Waals surface area contributed by atoms with E-state index in [0.717, 1.165) is 37.2 Å². The summed E-state index contributed by atoms with van der Waals surface area (Å²) in [5.41, 5.74) is 0.663. The standard InChI is InChI=1S/C32H38O6/c1-3-5-7-9-23-35-27-15-19-29(20-16-27)37-31(33)25-11-13-26(14-12-25)32(34)38-30-21-17-28(18-22-30)36-24-10-8-6-4-2/h11-22H,3-10,23-24H2,1-2H3. The van der Waals surface area contributed by atoms with Crippen LogP contribution in [0.1, 0.15) is 85.9 Å². The summed E-state index contributed by atoms with van der Waals surface area (Å²) in [5, 5.41) is 0. The second-order valence-corrected chi connectivity index (χ2v) is 9.12. The maximum Gasteiger partial charge on any atom is 0.343 e. The highest BCUT2D eigenvalue weighted by Gasteiger charge is 2.13. The second-order valence-electron chi connectivity index (χ2n) is 9.12. The molecule has 0 unspecified atom stereocenters. The molecule has 0 aromatic heterocycles. The molecule has 3 rings (SSSR count). The average Bonchev–Trinajstić information content (AvgIpc) is 2.94. The maximum absolute atomic E-state index is 12.5. The molecule has 0 aliphatic rings. The van der Waals surface area contributed by atoms with Gasteiger partial charge in [-0.15, -0.1) is 0 Å². The van der Waals surface area contributed by atoms with Crippen LogP contribution in [0.2, 0.25) is 0 Å². The van der Waals surface area contributed by atoms with Gasteiger partial charge in [-0.3, -0.25) is 0 Å². The molecule has 0 N–H and O–H groups in total. The van der Waals surface area contributed by atoms with Crippen LogP contribution in [0.5, 0.6) is 23.0 Å². The zero-order chi connectivity index (χ0) is 27.0. The van der Waals surface area contributed by atoms with E-state index in [1.807, 2.05) is 0 Å². The summed E-state index contributed by atoms with van der Waals surface area (Å²) in [6.07, 6.45) is 9.17. The maximum atomic E-state index is 12.5. The highest BCUT2D eigenvalue weighted by Crippen LogP contribution is 2.21. The Morgan fingerprint density at radius 1 is 0.474 bits per heavy atom. The first-order valence-corrected chi connectivity index (χ1v) is 13.6. The van der Waals surface area contributed by atoms with Crippen molar-refractivity contribution < 1.29 is 28.5 Å². The smallest absolute Gasteiger partial charge is 0.343 e. The zero-order valence-electron chi connectivity index (χ0n) is 22.4. The van der Waals surface area contributed by atoms with Crippen molar-refractivity contribution in [1.82, 2.24) is 0 Å². The molecule has 202 valence electrons. The van der Waals surface area contributed by atoms with Crippen molar-refractivity contribution >= 4 is 11.9 Å². The van der Waals surface area contributed by atoms with Gasteiger partial charge >= 0.3 is 11.9 Å². The Kier molecular flexibility index (Phi) is 12.2. The van der Waals surface area contributed by atoms with E-state index in [2.05, 4.69) is 13.8 Å². The van der Waals surface area contributed by atoms with Crippen molar-refractivity contribution in [2.45, 2.75) is 65.2 Å². The van der Waals surface area contributed by atoms with Crippen LogP contribution in [0, 0.1) is 0 Å². The van der Waals surface area contributed by atoms with Crippen LogP contribution in [0.4, 0.5) is 0 Å². The lowest BCUT2D eigenvalue weighted by atomic mass is 10.1. The van der Waals surface area contributed by atoms with Gasteiger partial charge in [0.2, 0.25) is 0 Å².